The molecule has 0 aromatic heterocycles. The Labute approximate surface area is 122 Å². The van der Waals surface area contributed by atoms with Crippen molar-refractivity contribution < 1.29 is 19.0 Å². The van der Waals surface area contributed by atoms with E-state index in [-0.39, 0.29) is 17.9 Å². The molecule has 5 heteroatoms. The second-order valence-electron chi connectivity index (χ2n) is 4.64. The summed E-state index contributed by atoms with van der Waals surface area (Å²) in [5.74, 6) is -0.799. The van der Waals surface area contributed by atoms with Crippen LogP contribution in [0.25, 0.3) is 0 Å². The molecular weight excluding hydrogens is 273 g/mol. The van der Waals surface area contributed by atoms with Crippen LogP contribution in [0, 0.1) is 5.82 Å². The first kappa shape index (κ1) is 14.8. The Hall–Kier alpha value is -2.56. The van der Waals surface area contributed by atoms with Gasteiger partial charge in [-0.15, -0.1) is 0 Å². The molecule has 0 heterocycles. The lowest BCUT2D eigenvalue weighted by atomic mass is 10.1. The molecule has 0 bridgehead atoms. The predicted molar refractivity (Wildman–Crippen MR) is 78.5 cm³/mol. The number of carboxylic acid groups (broad SMARTS) is 1. The van der Waals surface area contributed by atoms with Gasteiger partial charge in [-0.3, -0.25) is 0 Å². The molecule has 0 aliphatic rings. The highest BCUT2D eigenvalue weighted by molar-refractivity contribution is 5.94. The van der Waals surface area contributed by atoms with Crippen LogP contribution in [-0.4, -0.2) is 25.2 Å². The molecular formula is C16H16FNO3. The minimum Gasteiger partial charge on any atom is -0.497 e. The number of methoxy groups -OCH3 is 1. The van der Waals surface area contributed by atoms with Gasteiger partial charge >= 0.3 is 5.97 Å². The molecule has 1 N–H and O–H groups in total. The maximum Gasteiger partial charge on any atom is 0.337 e. The zero-order valence-corrected chi connectivity index (χ0v) is 11.8. The van der Waals surface area contributed by atoms with Crippen molar-refractivity contribution in [1.82, 2.24) is 0 Å². The number of nitrogens with zero attached hydrogens (tertiary/aromatic N) is 1. The van der Waals surface area contributed by atoms with E-state index < -0.39 is 5.97 Å². The van der Waals surface area contributed by atoms with Crippen molar-refractivity contribution >= 4 is 11.7 Å². The quantitative estimate of drug-likeness (QED) is 0.918. The lowest BCUT2D eigenvalue weighted by Crippen LogP contribution is -2.20. The van der Waals surface area contributed by atoms with Gasteiger partial charge in [-0.05, 0) is 18.2 Å². The van der Waals surface area contributed by atoms with Gasteiger partial charge in [-0.1, -0.05) is 18.2 Å². The molecule has 2 aromatic rings. The molecule has 2 aromatic carbocycles. The van der Waals surface area contributed by atoms with E-state index in [1.807, 2.05) is 0 Å². The van der Waals surface area contributed by atoms with Crippen LogP contribution in [0.15, 0.2) is 42.5 Å². The molecule has 0 atom stereocenters. The molecule has 0 fully saturated rings. The van der Waals surface area contributed by atoms with Crippen molar-refractivity contribution in [3.05, 3.63) is 59.4 Å². The molecule has 0 saturated heterocycles. The number of anilines is 1. The van der Waals surface area contributed by atoms with Gasteiger partial charge in [0.25, 0.3) is 0 Å². The topological polar surface area (TPSA) is 49.8 Å². The van der Waals surface area contributed by atoms with Crippen molar-refractivity contribution in [2.75, 3.05) is 19.1 Å². The third kappa shape index (κ3) is 3.31. The van der Waals surface area contributed by atoms with Crippen molar-refractivity contribution in [3.63, 3.8) is 0 Å². The number of ether oxygens (including phenoxy) is 1. The summed E-state index contributed by atoms with van der Waals surface area (Å²) in [7, 11) is 3.23. The van der Waals surface area contributed by atoms with E-state index in [4.69, 9.17) is 4.74 Å². The third-order valence-corrected chi connectivity index (χ3v) is 3.21. The summed E-state index contributed by atoms with van der Waals surface area (Å²) >= 11 is 0. The Morgan fingerprint density at radius 3 is 2.62 bits per heavy atom. The number of benzene rings is 2. The standard InChI is InChI=1S/C16H16FNO3/c1-18(10-11-5-3-4-6-14(11)17)15-9-12(21-2)7-8-13(15)16(19)20/h3-9H,10H2,1-2H3,(H,19,20). The number of hydrogen-bond acceptors (Lipinski definition) is 3. The predicted octanol–water partition coefficient (Wildman–Crippen LogP) is 3.17. The molecule has 0 unspecified atom stereocenters. The van der Waals surface area contributed by atoms with Crippen LogP contribution in [0.2, 0.25) is 0 Å². The van der Waals surface area contributed by atoms with Crippen molar-refractivity contribution in [1.29, 1.82) is 0 Å². The first-order chi connectivity index (χ1) is 10.0. The Morgan fingerprint density at radius 1 is 1.29 bits per heavy atom. The average molecular weight is 289 g/mol. The van der Waals surface area contributed by atoms with E-state index in [1.54, 1.807) is 42.3 Å². The lowest BCUT2D eigenvalue weighted by Gasteiger charge is -2.22. The Morgan fingerprint density at radius 2 is 2.00 bits per heavy atom. The zero-order chi connectivity index (χ0) is 15.4. The van der Waals surface area contributed by atoms with E-state index in [0.29, 0.717) is 17.0 Å². The maximum absolute atomic E-state index is 13.7. The van der Waals surface area contributed by atoms with E-state index >= 15 is 0 Å². The van der Waals surface area contributed by atoms with Crippen molar-refractivity contribution in [2.24, 2.45) is 0 Å². The summed E-state index contributed by atoms with van der Waals surface area (Å²) in [6.07, 6.45) is 0. The van der Waals surface area contributed by atoms with Gasteiger partial charge < -0.3 is 14.7 Å². The Bertz CT molecular complexity index is 658. The first-order valence-corrected chi connectivity index (χ1v) is 6.39. The molecule has 0 radical (unpaired) electrons. The molecule has 0 aliphatic carbocycles. The molecule has 0 amide bonds. The number of hydrogen-bond donors (Lipinski definition) is 1. The fourth-order valence-electron chi connectivity index (χ4n) is 2.10. The Kier molecular flexibility index (Phi) is 4.42. The molecule has 4 nitrogen and oxygen atoms in total. The number of aromatic carboxylic acids is 1. The van der Waals surface area contributed by atoms with Gasteiger partial charge in [-0.25, -0.2) is 9.18 Å². The number of halogens is 1. The Balaban J connectivity index is 2.35. The smallest absolute Gasteiger partial charge is 0.337 e. The number of carboxylic acids is 1. The fraction of sp³-hybridized carbons (Fsp3) is 0.188. The van der Waals surface area contributed by atoms with Crippen LogP contribution < -0.4 is 9.64 Å². The fourth-order valence-corrected chi connectivity index (χ4v) is 2.10. The zero-order valence-electron chi connectivity index (χ0n) is 11.8. The molecule has 0 spiro atoms. The molecule has 0 aliphatic heterocycles. The van der Waals surface area contributed by atoms with Gasteiger partial charge in [0.15, 0.2) is 0 Å². The van der Waals surface area contributed by atoms with Crippen molar-refractivity contribution in [2.45, 2.75) is 6.54 Å². The maximum atomic E-state index is 13.7. The lowest BCUT2D eigenvalue weighted by molar-refractivity contribution is 0.0697. The van der Waals surface area contributed by atoms with Crippen LogP contribution in [0.3, 0.4) is 0 Å². The summed E-state index contributed by atoms with van der Waals surface area (Å²) in [5.41, 5.74) is 1.12. The normalized spacial score (nSPS) is 10.2. The third-order valence-electron chi connectivity index (χ3n) is 3.21. The van der Waals surface area contributed by atoms with Crippen LogP contribution in [0.4, 0.5) is 10.1 Å². The highest BCUT2D eigenvalue weighted by atomic mass is 19.1. The number of rotatable bonds is 5. The van der Waals surface area contributed by atoms with Gasteiger partial charge in [0.2, 0.25) is 0 Å². The van der Waals surface area contributed by atoms with Gasteiger partial charge in [0.1, 0.15) is 11.6 Å². The SMILES string of the molecule is COc1ccc(C(=O)O)c(N(C)Cc2ccccc2F)c1. The van der Waals surface area contributed by atoms with Crippen LogP contribution in [0.5, 0.6) is 5.75 Å². The molecule has 110 valence electrons. The highest BCUT2D eigenvalue weighted by Gasteiger charge is 2.15. The summed E-state index contributed by atoms with van der Waals surface area (Å²) in [5, 5.41) is 9.26. The van der Waals surface area contributed by atoms with Crippen LogP contribution in [-0.2, 0) is 6.54 Å². The molecule has 21 heavy (non-hydrogen) atoms. The van der Waals surface area contributed by atoms with E-state index in [9.17, 15) is 14.3 Å². The van der Waals surface area contributed by atoms with Crippen molar-refractivity contribution in [3.8, 4) is 5.75 Å². The van der Waals surface area contributed by atoms with E-state index in [0.717, 1.165) is 0 Å². The molecule has 2 rings (SSSR count). The second-order valence-corrected chi connectivity index (χ2v) is 4.64. The summed E-state index contributed by atoms with van der Waals surface area (Å²) in [6.45, 7) is 0.264. The van der Waals surface area contributed by atoms with Gasteiger partial charge in [-0.2, -0.15) is 0 Å². The summed E-state index contributed by atoms with van der Waals surface area (Å²) in [6, 6.07) is 11.1. The average Bonchev–Trinajstić information content (AvgIpc) is 2.48. The summed E-state index contributed by atoms with van der Waals surface area (Å²) in [4.78, 5) is 13.0. The van der Waals surface area contributed by atoms with E-state index in [2.05, 4.69) is 0 Å². The van der Waals surface area contributed by atoms with Gasteiger partial charge in [0.05, 0.1) is 18.4 Å². The first-order valence-electron chi connectivity index (χ1n) is 6.39. The monoisotopic (exact) mass is 289 g/mol. The largest absolute Gasteiger partial charge is 0.497 e. The summed E-state index contributed by atoms with van der Waals surface area (Å²) < 4.78 is 18.8. The second kappa shape index (κ2) is 6.26. The van der Waals surface area contributed by atoms with Crippen LogP contribution >= 0.6 is 0 Å². The van der Waals surface area contributed by atoms with E-state index in [1.165, 1.54) is 19.2 Å². The van der Waals surface area contributed by atoms with Crippen LogP contribution in [0.1, 0.15) is 15.9 Å². The van der Waals surface area contributed by atoms with Gasteiger partial charge in [0, 0.05) is 25.2 Å². The minimum absolute atomic E-state index is 0.148. The number of carbonyl (C=O) groups is 1. The minimum atomic E-state index is -1.03. The molecule has 0 saturated carbocycles. The highest BCUT2D eigenvalue weighted by Crippen LogP contribution is 2.27.